The van der Waals surface area contributed by atoms with E-state index in [-0.39, 0.29) is 12.1 Å². The van der Waals surface area contributed by atoms with Gasteiger partial charge in [0.25, 0.3) is 5.91 Å². The van der Waals surface area contributed by atoms with Gasteiger partial charge in [-0.25, -0.2) is 4.39 Å². The highest BCUT2D eigenvalue weighted by Crippen LogP contribution is 2.32. The lowest BCUT2D eigenvalue weighted by molar-refractivity contribution is -0.140. The van der Waals surface area contributed by atoms with Crippen LogP contribution >= 0.6 is 0 Å². The second-order valence-corrected chi connectivity index (χ2v) is 4.14. The Morgan fingerprint density at radius 2 is 2.00 bits per heavy atom. The summed E-state index contributed by atoms with van der Waals surface area (Å²) >= 11 is 0. The number of halogens is 4. The van der Waals surface area contributed by atoms with E-state index in [1.807, 2.05) is 0 Å². The zero-order valence-corrected chi connectivity index (χ0v) is 9.09. The van der Waals surface area contributed by atoms with Gasteiger partial charge in [0.2, 0.25) is 0 Å². The highest BCUT2D eigenvalue weighted by molar-refractivity contribution is 5.95. The van der Waals surface area contributed by atoms with Crippen LogP contribution in [0.5, 0.6) is 0 Å². The maximum Gasteiger partial charge on any atom is 0.419 e. The number of hydrogen-bond acceptors (Lipinski definition) is 2. The van der Waals surface area contributed by atoms with Gasteiger partial charge in [-0.05, 0) is 18.6 Å². The maximum absolute atomic E-state index is 13.6. The summed E-state index contributed by atoms with van der Waals surface area (Å²) in [5, 5.41) is 2.37. The Morgan fingerprint density at radius 1 is 1.39 bits per heavy atom. The fourth-order valence-corrected chi connectivity index (χ4v) is 1.55. The average molecular weight is 262 g/mol. The summed E-state index contributed by atoms with van der Waals surface area (Å²) in [5.74, 6) is -2.44. The topological polar surface area (TPSA) is 55.1 Å². The molecular formula is C11H10F4N2O. The zero-order valence-electron chi connectivity index (χ0n) is 9.09. The third-order valence-electron chi connectivity index (χ3n) is 2.71. The number of hydrogen-bond donors (Lipinski definition) is 2. The molecule has 2 atom stereocenters. The van der Waals surface area contributed by atoms with Crippen LogP contribution in [0.4, 0.5) is 17.6 Å². The molecule has 1 aliphatic carbocycles. The van der Waals surface area contributed by atoms with Crippen LogP contribution in [0.2, 0.25) is 0 Å². The molecule has 98 valence electrons. The molecule has 1 aromatic rings. The van der Waals surface area contributed by atoms with Crippen molar-refractivity contribution in [2.45, 2.75) is 24.7 Å². The first kappa shape index (κ1) is 12.8. The monoisotopic (exact) mass is 262 g/mol. The van der Waals surface area contributed by atoms with E-state index in [1.54, 1.807) is 0 Å². The van der Waals surface area contributed by atoms with Crippen molar-refractivity contribution in [3.63, 3.8) is 0 Å². The fourth-order valence-electron chi connectivity index (χ4n) is 1.55. The highest BCUT2D eigenvalue weighted by Gasteiger charge is 2.38. The van der Waals surface area contributed by atoms with Crippen molar-refractivity contribution >= 4 is 5.91 Å². The number of nitrogens with one attached hydrogen (secondary N) is 1. The molecule has 18 heavy (non-hydrogen) atoms. The third kappa shape index (κ3) is 2.45. The van der Waals surface area contributed by atoms with Crippen molar-refractivity contribution in [2.75, 3.05) is 0 Å². The summed E-state index contributed by atoms with van der Waals surface area (Å²) in [5.41, 5.74) is 3.37. The van der Waals surface area contributed by atoms with E-state index in [1.165, 1.54) is 0 Å². The van der Waals surface area contributed by atoms with Crippen molar-refractivity contribution in [1.82, 2.24) is 5.32 Å². The summed E-state index contributed by atoms with van der Waals surface area (Å²) in [7, 11) is 0. The highest BCUT2D eigenvalue weighted by atomic mass is 19.4. The molecule has 0 bridgehead atoms. The predicted molar refractivity (Wildman–Crippen MR) is 55.2 cm³/mol. The molecule has 3 nitrogen and oxygen atoms in total. The van der Waals surface area contributed by atoms with Crippen LogP contribution < -0.4 is 11.1 Å². The molecular weight excluding hydrogens is 252 g/mol. The maximum atomic E-state index is 13.6. The Hall–Kier alpha value is -1.63. The van der Waals surface area contributed by atoms with Crippen LogP contribution in [0.1, 0.15) is 22.3 Å². The second kappa shape index (κ2) is 4.24. The molecule has 0 radical (unpaired) electrons. The summed E-state index contributed by atoms with van der Waals surface area (Å²) in [6, 6.07) is 2.10. The molecule has 1 fully saturated rings. The molecule has 0 aromatic heterocycles. The lowest BCUT2D eigenvalue weighted by Gasteiger charge is -2.11. The molecule has 1 saturated carbocycles. The van der Waals surface area contributed by atoms with E-state index in [4.69, 9.17) is 5.73 Å². The standard InChI is InChI=1S/C11H10F4N2O/c12-9-5(10(18)17-8-4-7(8)16)2-1-3-6(9)11(13,14)15/h1-3,7-8H,4,16H2,(H,17,18). The number of carbonyl (C=O) groups excluding carboxylic acids is 1. The number of amides is 1. The summed E-state index contributed by atoms with van der Waals surface area (Å²) in [4.78, 5) is 11.6. The van der Waals surface area contributed by atoms with Gasteiger partial charge in [-0.2, -0.15) is 13.2 Å². The molecule has 7 heteroatoms. The Bertz CT molecular complexity index is 486. The lowest BCUT2D eigenvalue weighted by Crippen LogP contribution is -2.30. The normalized spacial score (nSPS) is 22.7. The lowest BCUT2D eigenvalue weighted by atomic mass is 10.1. The van der Waals surface area contributed by atoms with Crippen LogP contribution in [-0.4, -0.2) is 18.0 Å². The van der Waals surface area contributed by atoms with Gasteiger partial charge in [-0.3, -0.25) is 4.79 Å². The van der Waals surface area contributed by atoms with Crippen molar-refractivity contribution in [3.05, 3.63) is 35.1 Å². The van der Waals surface area contributed by atoms with Crippen LogP contribution in [0.15, 0.2) is 18.2 Å². The van der Waals surface area contributed by atoms with Crippen molar-refractivity contribution in [3.8, 4) is 0 Å². The molecule has 0 aliphatic heterocycles. The Labute approximate surface area is 100.0 Å². The van der Waals surface area contributed by atoms with E-state index in [0.717, 1.165) is 12.1 Å². The summed E-state index contributed by atoms with van der Waals surface area (Å²) in [6.45, 7) is 0. The second-order valence-electron chi connectivity index (χ2n) is 4.14. The van der Waals surface area contributed by atoms with Gasteiger partial charge in [-0.15, -0.1) is 0 Å². The molecule has 2 rings (SSSR count). The fraction of sp³-hybridized carbons (Fsp3) is 0.364. The van der Waals surface area contributed by atoms with E-state index in [9.17, 15) is 22.4 Å². The number of nitrogens with two attached hydrogens (primary N) is 1. The Balaban J connectivity index is 2.25. The van der Waals surface area contributed by atoms with Gasteiger partial charge < -0.3 is 11.1 Å². The quantitative estimate of drug-likeness (QED) is 0.797. The third-order valence-corrected chi connectivity index (χ3v) is 2.71. The molecule has 2 unspecified atom stereocenters. The van der Waals surface area contributed by atoms with E-state index >= 15 is 0 Å². The Morgan fingerprint density at radius 3 is 2.50 bits per heavy atom. The first-order valence-electron chi connectivity index (χ1n) is 5.23. The largest absolute Gasteiger partial charge is 0.419 e. The molecule has 3 N–H and O–H groups in total. The van der Waals surface area contributed by atoms with Crippen LogP contribution in [-0.2, 0) is 6.18 Å². The first-order valence-corrected chi connectivity index (χ1v) is 5.23. The van der Waals surface area contributed by atoms with Crippen LogP contribution in [0, 0.1) is 5.82 Å². The van der Waals surface area contributed by atoms with Gasteiger partial charge in [0.1, 0.15) is 5.82 Å². The summed E-state index contributed by atoms with van der Waals surface area (Å²) < 4.78 is 50.9. The van der Waals surface area contributed by atoms with E-state index in [0.29, 0.717) is 12.5 Å². The van der Waals surface area contributed by atoms with Crippen molar-refractivity contribution < 1.29 is 22.4 Å². The molecule has 0 saturated heterocycles. The Kier molecular flexibility index (Phi) is 3.02. The minimum atomic E-state index is -4.82. The number of carbonyl (C=O) groups is 1. The van der Waals surface area contributed by atoms with Crippen molar-refractivity contribution in [1.29, 1.82) is 0 Å². The first-order chi connectivity index (χ1) is 8.30. The van der Waals surface area contributed by atoms with Crippen LogP contribution in [0.3, 0.4) is 0 Å². The smallest absolute Gasteiger partial charge is 0.348 e. The molecule has 1 aromatic carbocycles. The number of alkyl halides is 3. The molecule has 0 spiro atoms. The zero-order chi connectivity index (χ0) is 13.5. The van der Waals surface area contributed by atoms with Gasteiger partial charge in [-0.1, -0.05) is 6.07 Å². The molecule has 1 amide bonds. The van der Waals surface area contributed by atoms with Crippen LogP contribution in [0.25, 0.3) is 0 Å². The minimum absolute atomic E-state index is 0.206. The van der Waals surface area contributed by atoms with Gasteiger partial charge in [0.15, 0.2) is 0 Å². The summed E-state index contributed by atoms with van der Waals surface area (Å²) in [6.07, 6.45) is -4.28. The van der Waals surface area contributed by atoms with Crippen molar-refractivity contribution in [2.24, 2.45) is 5.73 Å². The van der Waals surface area contributed by atoms with Gasteiger partial charge in [0, 0.05) is 12.1 Å². The minimum Gasteiger partial charge on any atom is -0.348 e. The number of benzene rings is 1. The predicted octanol–water partition coefficient (Wildman–Crippen LogP) is 1.67. The average Bonchev–Trinajstić information content (AvgIpc) is 2.92. The SMILES string of the molecule is NC1CC1NC(=O)c1cccc(C(F)(F)F)c1F. The molecule has 1 aliphatic rings. The number of rotatable bonds is 2. The van der Waals surface area contributed by atoms with Gasteiger partial charge in [0.05, 0.1) is 11.1 Å². The molecule has 0 heterocycles. The van der Waals surface area contributed by atoms with Gasteiger partial charge >= 0.3 is 6.18 Å². The van der Waals surface area contributed by atoms with E-state index < -0.39 is 29.0 Å². The van der Waals surface area contributed by atoms with E-state index in [2.05, 4.69) is 5.32 Å².